The zero-order valence-corrected chi connectivity index (χ0v) is 13.9. The summed E-state index contributed by atoms with van der Waals surface area (Å²) in [6.07, 6.45) is 4.17. The van der Waals surface area contributed by atoms with Crippen molar-refractivity contribution in [1.29, 1.82) is 0 Å². The number of carboxylic acid groups (broad SMARTS) is 1. The molecule has 2 aliphatic heterocycles. The maximum atomic E-state index is 12.1. The van der Waals surface area contributed by atoms with Gasteiger partial charge in [0.05, 0.1) is 0 Å². The van der Waals surface area contributed by atoms with Crippen LogP contribution in [0.1, 0.15) is 52.9 Å². The minimum Gasteiger partial charge on any atom is -0.480 e. The summed E-state index contributed by atoms with van der Waals surface area (Å²) >= 11 is 0. The number of nitrogens with zero attached hydrogens (tertiary/aromatic N) is 2. The second-order valence-corrected chi connectivity index (χ2v) is 7.29. The van der Waals surface area contributed by atoms with Crippen molar-refractivity contribution < 1.29 is 19.4 Å². The van der Waals surface area contributed by atoms with E-state index in [2.05, 4.69) is 4.90 Å². The highest BCUT2D eigenvalue weighted by molar-refractivity contribution is 5.73. The molecule has 0 spiro atoms. The SMILES string of the molecule is CC(C)(C)OC(=O)N1CCC(N2CCCCC2C(=O)O)CC1. The number of hydrogen-bond donors (Lipinski definition) is 1. The Morgan fingerprint density at radius 3 is 2.23 bits per heavy atom. The van der Waals surface area contributed by atoms with E-state index in [4.69, 9.17) is 4.74 Å². The fourth-order valence-corrected chi connectivity index (χ4v) is 3.36. The van der Waals surface area contributed by atoms with Crippen LogP contribution in [0.3, 0.4) is 0 Å². The average molecular weight is 312 g/mol. The first-order valence-corrected chi connectivity index (χ1v) is 8.24. The molecule has 0 bridgehead atoms. The highest BCUT2D eigenvalue weighted by atomic mass is 16.6. The lowest BCUT2D eigenvalue weighted by Crippen LogP contribution is -2.54. The number of carboxylic acids is 1. The third kappa shape index (κ3) is 4.35. The minimum absolute atomic E-state index is 0.264. The van der Waals surface area contributed by atoms with Crippen LogP contribution in [0, 0.1) is 0 Å². The Hall–Kier alpha value is -1.30. The lowest BCUT2D eigenvalue weighted by molar-refractivity contribution is -0.146. The second kappa shape index (κ2) is 6.86. The van der Waals surface area contributed by atoms with Gasteiger partial charge in [0.2, 0.25) is 0 Å². The Morgan fingerprint density at radius 1 is 1.05 bits per heavy atom. The van der Waals surface area contributed by atoms with Gasteiger partial charge < -0.3 is 14.7 Å². The molecular weight excluding hydrogens is 284 g/mol. The molecule has 2 heterocycles. The number of likely N-dealkylation sites (tertiary alicyclic amines) is 2. The first-order chi connectivity index (χ1) is 10.3. The molecule has 1 N–H and O–H groups in total. The number of hydrogen-bond acceptors (Lipinski definition) is 4. The second-order valence-electron chi connectivity index (χ2n) is 7.29. The highest BCUT2D eigenvalue weighted by Crippen LogP contribution is 2.26. The summed E-state index contributed by atoms with van der Waals surface area (Å²) in [5, 5.41) is 9.38. The predicted molar refractivity (Wildman–Crippen MR) is 82.8 cm³/mol. The van der Waals surface area contributed by atoms with Crippen LogP contribution < -0.4 is 0 Å². The van der Waals surface area contributed by atoms with Crippen molar-refractivity contribution in [3.05, 3.63) is 0 Å². The molecule has 2 saturated heterocycles. The van der Waals surface area contributed by atoms with Gasteiger partial charge in [-0.3, -0.25) is 9.69 Å². The summed E-state index contributed by atoms with van der Waals surface area (Å²) in [6, 6.07) is -0.0908. The van der Waals surface area contributed by atoms with Crippen LogP contribution >= 0.6 is 0 Å². The van der Waals surface area contributed by atoms with Crippen molar-refractivity contribution in [2.45, 2.75) is 70.6 Å². The van der Waals surface area contributed by atoms with Crippen LogP contribution in [0.25, 0.3) is 0 Å². The highest BCUT2D eigenvalue weighted by Gasteiger charge is 2.36. The van der Waals surface area contributed by atoms with E-state index in [0.29, 0.717) is 13.1 Å². The lowest BCUT2D eigenvalue weighted by Gasteiger charge is -2.43. The average Bonchev–Trinajstić information content (AvgIpc) is 2.45. The fraction of sp³-hybridized carbons (Fsp3) is 0.875. The first kappa shape index (κ1) is 17.1. The summed E-state index contributed by atoms with van der Waals surface area (Å²) in [5.74, 6) is -0.714. The molecule has 6 nitrogen and oxygen atoms in total. The van der Waals surface area contributed by atoms with Gasteiger partial charge in [0.25, 0.3) is 0 Å². The Balaban J connectivity index is 1.88. The maximum absolute atomic E-state index is 12.1. The summed E-state index contributed by atoms with van der Waals surface area (Å²) in [5.41, 5.74) is -0.477. The van der Waals surface area contributed by atoms with Crippen LogP contribution in [0.4, 0.5) is 4.79 Å². The number of carbonyl (C=O) groups is 2. The molecular formula is C16H28N2O4. The quantitative estimate of drug-likeness (QED) is 0.847. The van der Waals surface area contributed by atoms with Gasteiger partial charge in [0, 0.05) is 19.1 Å². The van der Waals surface area contributed by atoms with Gasteiger partial charge in [-0.1, -0.05) is 6.42 Å². The standard InChI is InChI=1S/C16H28N2O4/c1-16(2,3)22-15(21)17-10-7-12(8-11-17)18-9-5-4-6-13(18)14(19)20/h12-13H,4-11H2,1-3H3,(H,19,20). The van der Waals surface area contributed by atoms with Gasteiger partial charge in [0.15, 0.2) is 0 Å². The zero-order chi connectivity index (χ0) is 16.3. The third-order valence-electron chi connectivity index (χ3n) is 4.41. The van der Waals surface area contributed by atoms with Crippen LogP contribution in [-0.2, 0) is 9.53 Å². The van der Waals surface area contributed by atoms with Crippen molar-refractivity contribution in [1.82, 2.24) is 9.80 Å². The number of aliphatic carboxylic acids is 1. The Labute approximate surface area is 132 Å². The van der Waals surface area contributed by atoms with Crippen molar-refractivity contribution in [2.75, 3.05) is 19.6 Å². The Kier molecular flexibility index (Phi) is 5.32. The Morgan fingerprint density at radius 2 is 1.68 bits per heavy atom. The van der Waals surface area contributed by atoms with Gasteiger partial charge >= 0.3 is 12.1 Å². The zero-order valence-electron chi connectivity index (χ0n) is 13.9. The molecule has 1 unspecified atom stereocenters. The number of carbonyl (C=O) groups excluding carboxylic acids is 1. The van der Waals surface area contributed by atoms with Crippen molar-refractivity contribution in [3.8, 4) is 0 Å². The molecule has 2 rings (SSSR count). The summed E-state index contributed by atoms with van der Waals surface area (Å²) in [6.45, 7) is 7.73. The predicted octanol–water partition coefficient (Wildman–Crippen LogP) is 2.33. The monoisotopic (exact) mass is 312 g/mol. The summed E-state index contributed by atoms with van der Waals surface area (Å²) < 4.78 is 5.40. The van der Waals surface area contributed by atoms with E-state index in [1.165, 1.54) is 0 Å². The molecule has 0 aromatic heterocycles. The Bertz CT molecular complexity index is 411. The van der Waals surface area contributed by atoms with Gasteiger partial charge in [-0.15, -0.1) is 0 Å². The molecule has 22 heavy (non-hydrogen) atoms. The van der Waals surface area contributed by atoms with E-state index in [0.717, 1.165) is 38.6 Å². The van der Waals surface area contributed by atoms with Gasteiger partial charge in [-0.25, -0.2) is 4.79 Å². The topological polar surface area (TPSA) is 70.1 Å². The smallest absolute Gasteiger partial charge is 0.410 e. The van der Waals surface area contributed by atoms with Crippen LogP contribution in [0.15, 0.2) is 0 Å². The normalized spacial score (nSPS) is 25.0. The van der Waals surface area contributed by atoms with E-state index >= 15 is 0 Å². The van der Waals surface area contributed by atoms with E-state index < -0.39 is 11.6 Å². The lowest BCUT2D eigenvalue weighted by atomic mass is 9.95. The van der Waals surface area contributed by atoms with E-state index in [9.17, 15) is 14.7 Å². The van der Waals surface area contributed by atoms with Crippen molar-refractivity contribution in [3.63, 3.8) is 0 Å². The minimum atomic E-state index is -0.714. The molecule has 0 saturated carbocycles. The largest absolute Gasteiger partial charge is 0.480 e. The van der Waals surface area contributed by atoms with Gasteiger partial charge in [0.1, 0.15) is 11.6 Å². The van der Waals surface area contributed by atoms with E-state index in [1.54, 1.807) is 4.90 Å². The molecule has 0 aromatic carbocycles. The molecule has 1 amide bonds. The van der Waals surface area contributed by atoms with Gasteiger partial charge in [-0.2, -0.15) is 0 Å². The van der Waals surface area contributed by atoms with Crippen molar-refractivity contribution in [2.24, 2.45) is 0 Å². The molecule has 2 fully saturated rings. The van der Waals surface area contributed by atoms with E-state index in [-0.39, 0.29) is 18.2 Å². The molecule has 126 valence electrons. The fourth-order valence-electron chi connectivity index (χ4n) is 3.36. The van der Waals surface area contributed by atoms with E-state index in [1.807, 2.05) is 20.8 Å². The number of piperidine rings is 2. The molecule has 1 atom stereocenters. The molecule has 0 aliphatic carbocycles. The molecule has 2 aliphatic rings. The summed E-state index contributed by atoms with van der Waals surface area (Å²) in [7, 11) is 0. The summed E-state index contributed by atoms with van der Waals surface area (Å²) in [4.78, 5) is 27.4. The van der Waals surface area contributed by atoms with Crippen LogP contribution in [0.5, 0.6) is 0 Å². The van der Waals surface area contributed by atoms with Crippen LogP contribution in [0.2, 0.25) is 0 Å². The van der Waals surface area contributed by atoms with Crippen LogP contribution in [-0.4, -0.2) is 64.3 Å². The molecule has 0 aromatic rings. The maximum Gasteiger partial charge on any atom is 0.410 e. The number of rotatable bonds is 2. The number of amides is 1. The number of ether oxygens (including phenoxy) is 1. The third-order valence-corrected chi connectivity index (χ3v) is 4.41. The molecule has 0 radical (unpaired) electrons. The first-order valence-electron chi connectivity index (χ1n) is 8.24. The molecule has 6 heteroatoms. The van der Waals surface area contributed by atoms with Crippen molar-refractivity contribution >= 4 is 12.1 Å². The van der Waals surface area contributed by atoms with Gasteiger partial charge in [-0.05, 0) is 53.0 Å².